The summed E-state index contributed by atoms with van der Waals surface area (Å²) in [4.78, 5) is 15.9. The first kappa shape index (κ1) is 19.2. The van der Waals surface area contributed by atoms with Crippen LogP contribution in [-0.4, -0.2) is 53.4 Å². The van der Waals surface area contributed by atoms with Crippen LogP contribution in [-0.2, 0) is 19.4 Å². The van der Waals surface area contributed by atoms with Crippen LogP contribution >= 0.6 is 0 Å². The van der Waals surface area contributed by atoms with Gasteiger partial charge in [-0.15, -0.1) is 0 Å². The molecule has 2 unspecified atom stereocenters. The predicted molar refractivity (Wildman–Crippen MR) is 91.1 cm³/mol. The first-order valence-corrected chi connectivity index (χ1v) is 9.66. The van der Waals surface area contributed by atoms with Crippen LogP contribution in [0.2, 0.25) is 0 Å². The number of aromatic nitrogens is 1. The van der Waals surface area contributed by atoms with Crippen molar-refractivity contribution in [3.05, 3.63) is 48.7 Å². The molecule has 0 spiro atoms. The summed E-state index contributed by atoms with van der Waals surface area (Å²) in [6.07, 6.45) is 1.64. The van der Waals surface area contributed by atoms with Gasteiger partial charge in [-0.1, -0.05) is 11.3 Å². The summed E-state index contributed by atoms with van der Waals surface area (Å²) in [5.74, 6) is -1.56. The average Bonchev–Trinajstić information content (AvgIpc) is 2.68. The molecule has 1 aromatic heterocycles. The summed E-state index contributed by atoms with van der Waals surface area (Å²) in [6.45, 7) is -0.0490. The fraction of sp³-hybridized carbons (Fsp3) is 0.294. The number of rotatable bonds is 5. The molecule has 2 heterocycles. The Morgan fingerprint density at radius 1 is 1.19 bits per heavy atom. The van der Waals surface area contributed by atoms with Crippen molar-refractivity contribution in [2.45, 2.75) is 16.6 Å². The standard InChI is InChI=1S/C17H18N2O7S/c20-17(19(21)22)14-11-25-10-8-15(14)27(23,24)13-6-4-12(5-7-13)26-16-3-1-2-9-18-16/h1-7,9,14-15,21-22H,8,10-11H2. The maximum absolute atomic E-state index is 13.0. The molecule has 1 saturated heterocycles. The molecular weight excluding hydrogens is 376 g/mol. The van der Waals surface area contributed by atoms with Gasteiger partial charge in [-0.3, -0.25) is 15.2 Å². The lowest BCUT2D eigenvalue weighted by molar-refractivity contribution is -0.289. The van der Waals surface area contributed by atoms with Crippen molar-refractivity contribution >= 4 is 15.7 Å². The van der Waals surface area contributed by atoms with Gasteiger partial charge in [0.25, 0.3) is 5.91 Å². The molecule has 0 saturated carbocycles. The molecule has 27 heavy (non-hydrogen) atoms. The Morgan fingerprint density at radius 3 is 2.56 bits per heavy atom. The molecule has 3 rings (SSSR count). The van der Waals surface area contributed by atoms with Crippen LogP contribution in [0.5, 0.6) is 11.6 Å². The zero-order valence-electron chi connectivity index (χ0n) is 14.1. The summed E-state index contributed by atoms with van der Waals surface area (Å²) < 4.78 is 36.6. The van der Waals surface area contributed by atoms with Gasteiger partial charge in [-0.25, -0.2) is 13.4 Å². The lowest BCUT2D eigenvalue weighted by Gasteiger charge is -2.30. The van der Waals surface area contributed by atoms with E-state index in [0.29, 0.717) is 11.6 Å². The van der Waals surface area contributed by atoms with E-state index in [2.05, 4.69) is 4.98 Å². The van der Waals surface area contributed by atoms with Crippen molar-refractivity contribution in [2.75, 3.05) is 13.2 Å². The summed E-state index contributed by atoms with van der Waals surface area (Å²) in [5, 5.41) is 16.2. The number of benzene rings is 1. The Labute approximate surface area is 155 Å². The number of amides is 1. The smallest absolute Gasteiger partial charge is 0.279 e. The molecule has 1 aliphatic rings. The third-order valence-corrected chi connectivity index (χ3v) is 6.51. The van der Waals surface area contributed by atoms with Crippen molar-refractivity contribution in [1.82, 2.24) is 10.2 Å². The van der Waals surface area contributed by atoms with Crippen molar-refractivity contribution in [1.29, 1.82) is 0 Å². The van der Waals surface area contributed by atoms with Gasteiger partial charge in [0, 0.05) is 18.9 Å². The molecule has 0 bridgehead atoms. The van der Waals surface area contributed by atoms with Crippen molar-refractivity contribution in [2.24, 2.45) is 5.92 Å². The number of nitrogens with zero attached hydrogens (tertiary/aromatic N) is 2. The van der Waals surface area contributed by atoms with Crippen LogP contribution in [0.4, 0.5) is 0 Å². The Kier molecular flexibility index (Phi) is 5.71. The SMILES string of the molecule is O=C(C1COCCC1S(=O)(=O)c1ccc(Oc2ccccn2)cc1)N(O)O. The number of carbonyl (C=O) groups excluding carboxylic acids is 1. The summed E-state index contributed by atoms with van der Waals surface area (Å²) in [6, 6.07) is 10.9. The molecular formula is C17H18N2O7S. The largest absolute Gasteiger partial charge is 0.439 e. The van der Waals surface area contributed by atoms with Crippen molar-refractivity contribution in [3.63, 3.8) is 0 Å². The molecule has 0 radical (unpaired) electrons. The van der Waals surface area contributed by atoms with Crippen LogP contribution in [0.3, 0.4) is 0 Å². The van der Waals surface area contributed by atoms with Crippen LogP contribution in [0.1, 0.15) is 6.42 Å². The molecule has 1 aromatic carbocycles. The van der Waals surface area contributed by atoms with E-state index >= 15 is 0 Å². The second-order valence-electron chi connectivity index (χ2n) is 5.92. The Balaban J connectivity index is 1.82. The maximum Gasteiger partial charge on any atom is 0.279 e. The van der Waals surface area contributed by atoms with Crippen LogP contribution in [0.15, 0.2) is 53.6 Å². The number of ether oxygens (including phenoxy) is 2. The molecule has 144 valence electrons. The fourth-order valence-electron chi connectivity index (χ4n) is 2.87. The van der Waals surface area contributed by atoms with Gasteiger partial charge in [0.1, 0.15) is 5.75 Å². The highest BCUT2D eigenvalue weighted by Crippen LogP contribution is 2.30. The highest BCUT2D eigenvalue weighted by Gasteiger charge is 2.42. The molecule has 0 aliphatic carbocycles. The number of hydroxylamine groups is 2. The van der Waals surface area contributed by atoms with E-state index in [1.54, 1.807) is 24.4 Å². The highest BCUT2D eigenvalue weighted by molar-refractivity contribution is 7.92. The monoisotopic (exact) mass is 394 g/mol. The van der Waals surface area contributed by atoms with Gasteiger partial charge in [-0.2, -0.15) is 0 Å². The minimum absolute atomic E-state index is 0.00278. The average molecular weight is 394 g/mol. The number of hydrogen-bond donors (Lipinski definition) is 2. The van der Waals surface area contributed by atoms with Gasteiger partial charge in [0.05, 0.1) is 22.7 Å². The number of carbonyl (C=O) groups is 1. The molecule has 10 heteroatoms. The quantitative estimate of drug-likeness (QED) is 0.579. The Bertz CT molecular complexity index is 885. The second kappa shape index (κ2) is 8.01. The van der Waals surface area contributed by atoms with E-state index in [1.807, 2.05) is 0 Å². The predicted octanol–water partition coefficient (Wildman–Crippen LogP) is 1.66. The molecule has 2 atom stereocenters. The van der Waals surface area contributed by atoms with Gasteiger partial charge < -0.3 is 9.47 Å². The number of sulfone groups is 1. The van der Waals surface area contributed by atoms with Crippen LogP contribution < -0.4 is 4.74 Å². The molecule has 9 nitrogen and oxygen atoms in total. The van der Waals surface area contributed by atoms with E-state index < -0.39 is 32.1 Å². The number of pyridine rings is 1. The van der Waals surface area contributed by atoms with Crippen LogP contribution in [0.25, 0.3) is 0 Å². The molecule has 1 fully saturated rings. The third kappa shape index (κ3) is 4.25. The van der Waals surface area contributed by atoms with E-state index in [4.69, 9.17) is 19.9 Å². The first-order valence-electron chi connectivity index (χ1n) is 8.12. The van der Waals surface area contributed by atoms with E-state index in [1.165, 1.54) is 24.3 Å². The molecule has 1 amide bonds. The summed E-state index contributed by atoms with van der Waals surface area (Å²) >= 11 is 0. The summed E-state index contributed by atoms with van der Waals surface area (Å²) in [5.41, 5.74) is 0. The van der Waals surface area contributed by atoms with Crippen LogP contribution in [0, 0.1) is 5.92 Å². The number of hydrogen-bond acceptors (Lipinski definition) is 8. The maximum atomic E-state index is 13.0. The molecule has 1 aliphatic heterocycles. The third-order valence-electron chi connectivity index (χ3n) is 4.22. The van der Waals surface area contributed by atoms with Gasteiger partial charge in [0.15, 0.2) is 9.84 Å². The lowest BCUT2D eigenvalue weighted by atomic mass is 10.0. The van der Waals surface area contributed by atoms with E-state index in [9.17, 15) is 13.2 Å². The fourth-order valence-corrected chi connectivity index (χ4v) is 4.77. The van der Waals surface area contributed by atoms with Crippen molar-refractivity contribution < 1.29 is 33.1 Å². The van der Waals surface area contributed by atoms with E-state index in [0.717, 1.165) is 0 Å². The van der Waals surface area contributed by atoms with Gasteiger partial charge in [-0.05, 0) is 36.8 Å². The second-order valence-corrected chi connectivity index (χ2v) is 8.09. The zero-order valence-corrected chi connectivity index (χ0v) is 14.9. The molecule has 2 N–H and O–H groups in total. The summed E-state index contributed by atoms with van der Waals surface area (Å²) in [7, 11) is -3.90. The first-order chi connectivity index (χ1) is 12.9. The zero-order chi connectivity index (χ0) is 19.4. The van der Waals surface area contributed by atoms with Gasteiger partial charge in [0.2, 0.25) is 5.88 Å². The van der Waals surface area contributed by atoms with E-state index in [-0.39, 0.29) is 24.5 Å². The van der Waals surface area contributed by atoms with Gasteiger partial charge >= 0.3 is 0 Å². The topological polar surface area (TPSA) is 126 Å². The lowest BCUT2D eigenvalue weighted by Crippen LogP contribution is -2.46. The Morgan fingerprint density at radius 2 is 1.93 bits per heavy atom. The van der Waals surface area contributed by atoms with Crippen molar-refractivity contribution in [3.8, 4) is 11.6 Å². The highest BCUT2D eigenvalue weighted by atomic mass is 32.2. The molecule has 2 aromatic rings. The Hall–Kier alpha value is -2.53. The minimum atomic E-state index is -3.90. The normalized spacial score (nSPS) is 20.1. The minimum Gasteiger partial charge on any atom is -0.439 e.